The summed E-state index contributed by atoms with van der Waals surface area (Å²) in [5.41, 5.74) is 0.219. The number of hydrogen-bond acceptors (Lipinski definition) is 5. The highest BCUT2D eigenvalue weighted by Crippen LogP contribution is 2.13. The summed E-state index contributed by atoms with van der Waals surface area (Å²) in [4.78, 5) is 22.8. The monoisotopic (exact) mass is 286 g/mol. The van der Waals surface area contributed by atoms with E-state index in [4.69, 9.17) is 9.15 Å². The zero-order valence-electron chi connectivity index (χ0n) is 11.2. The van der Waals surface area contributed by atoms with Crippen molar-refractivity contribution in [2.45, 2.75) is 0 Å². The first-order chi connectivity index (χ1) is 10.1. The lowest BCUT2D eigenvalue weighted by atomic mass is 10.2. The van der Waals surface area contributed by atoms with Crippen molar-refractivity contribution in [3.05, 3.63) is 59.7 Å². The van der Waals surface area contributed by atoms with Gasteiger partial charge >= 0.3 is 0 Å². The fraction of sp³-hybridized carbons (Fsp3) is 0.0667. The first-order valence-corrected chi connectivity index (χ1v) is 6.02. The number of furan rings is 1. The lowest BCUT2D eigenvalue weighted by Gasteiger charge is -2.10. The molecule has 1 aromatic heterocycles. The van der Waals surface area contributed by atoms with Gasteiger partial charge in [0.25, 0.3) is 5.91 Å². The molecule has 0 aliphatic carbocycles. The van der Waals surface area contributed by atoms with Crippen molar-refractivity contribution in [2.24, 2.45) is 0 Å². The molecule has 6 nitrogen and oxygen atoms in total. The molecule has 6 heteroatoms. The SMILES string of the molecule is COc1ccc(/C=C(\NC(=O)c2ccco2)C(=O)[O-])cc1. The lowest BCUT2D eigenvalue weighted by Crippen LogP contribution is -2.35. The molecule has 2 aromatic rings. The third kappa shape index (κ3) is 3.73. The van der Waals surface area contributed by atoms with E-state index in [1.807, 2.05) is 0 Å². The summed E-state index contributed by atoms with van der Waals surface area (Å²) in [5, 5.41) is 13.3. The van der Waals surface area contributed by atoms with E-state index in [9.17, 15) is 14.7 Å². The average molecular weight is 286 g/mol. The van der Waals surface area contributed by atoms with Gasteiger partial charge in [-0.15, -0.1) is 0 Å². The molecule has 0 saturated heterocycles. The molecule has 1 heterocycles. The Labute approximate surface area is 120 Å². The van der Waals surface area contributed by atoms with Crippen molar-refractivity contribution in [2.75, 3.05) is 7.11 Å². The first-order valence-electron chi connectivity index (χ1n) is 6.02. The van der Waals surface area contributed by atoms with Gasteiger partial charge in [-0.05, 0) is 35.9 Å². The molecule has 0 bridgehead atoms. The van der Waals surface area contributed by atoms with Crippen LogP contribution in [0.1, 0.15) is 16.1 Å². The number of nitrogens with one attached hydrogen (secondary N) is 1. The molecule has 0 saturated carbocycles. The maximum Gasteiger partial charge on any atom is 0.291 e. The van der Waals surface area contributed by atoms with Gasteiger partial charge in [-0.2, -0.15) is 0 Å². The minimum atomic E-state index is -1.49. The van der Waals surface area contributed by atoms with Crippen LogP contribution >= 0.6 is 0 Å². The molecule has 0 atom stereocenters. The number of rotatable bonds is 5. The number of carbonyl (C=O) groups excluding carboxylic acids is 2. The molecule has 0 fully saturated rings. The quantitative estimate of drug-likeness (QED) is 0.821. The predicted molar refractivity (Wildman–Crippen MR) is 72.2 cm³/mol. The summed E-state index contributed by atoms with van der Waals surface area (Å²) in [6.45, 7) is 0. The Bertz CT molecular complexity index is 656. The summed E-state index contributed by atoms with van der Waals surface area (Å²) in [7, 11) is 1.53. The average Bonchev–Trinajstić information content (AvgIpc) is 3.01. The van der Waals surface area contributed by atoms with Crippen LogP contribution in [0.4, 0.5) is 0 Å². The zero-order valence-corrected chi connectivity index (χ0v) is 11.2. The van der Waals surface area contributed by atoms with Crippen LogP contribution in [0.25, 0.3) is 6.08 Å². The van der Waals surface area contributed by atoms with Gasteiger partial charge in [-0.25, -0.2) is 0 Å². The highest BCUT2D eigenvalue weighted by atomic mass is 16.5. The van der Waals surface area contributed by atoms with Gasteiger partial charge in [0.1, 0.15) is 5.75 Å². The van der Waals surface area contributed by atoms with E-state index in [1.165, 1.54) is 31.6 Å². The van der Waals surface area contributed by atoms with Crippen LogP contribution in [0.2, 0.25) is 0 Å². The van der Waals surface area contributed by atoms with Gasteiger partial charge in [0, 0.05) is 0 Å². The minimum Gasteiger partial charge on any atom is -0.543 e. The Kier molecular flexibility index (Phi) is 4.40. The van der Waals surface area contributed by atoms with Gasteiger partial charge in [-0.3, -0.25) is 4.79 Å². The highest BCUT2D eigenvalue weighted by Gasteiger charge is 2.11. The van der Waals surface area contributed by atoms with Gasteiger partial charge in [0.05, 0.1) is 25.0 Å². The van der Waals surface area contributed by atoms with Crippen LogP contribution in [0, 0.1) is 0 Å². The van der Waals surface area contributed by atoms with Crippen molar-refractivity contribution in [3.63, 3.8) is 0 Å². The zero-order chi connectivity index (χ0) is 15.2. The second-order valence-corrected chi connectivity index (χ2v) is 4.05. The van der Waals surface area contributed by atoms with Crippen LogP contribution in [0.3, 0.4) is 0 Å². The van der Waals surface area contributed by atoms with E-state index < -0.39 is 11.9 Å². The van der Waals surface area contributed by atoms with Crippen LogP contribution in [0.5, 0.6) is 5.75 Å². The number of carboxylic acids is 1. The van der Waals surface area contributed by atoms with E-state index in [0.29, 0.717) is 11.3 Å². The molecule has 0 spiro atoms. The molecular weight excluding hydrogens is 274 g/mol. The number of carboxylic acid groups (broad SMARTS) is 1. The normalized spacial score (nSPS) is 11.0. The van der Waals surface area contributed by atoms with Crippen molar-refractivity contribution >= 4 is 18.0 Å². The first kappa shape index (κ1) is 14.4. The second-order valence-electron chi connectivity index (χ2n) is 4.05. The number of hydrogen-bond donors (Lipinski definition) is 1. The summed E-state index contributed by atoms with van der Waals surface area (Å²) in [6.07, 6.45) is 2.61. The summed E-state index contributed by atoms with van der Waals surface area (Å²) in [6, 6.07) is 9.61. The molecule has 1 aromatic carbocycles. The standard InChI is InChI=1S/C15H13NO5/c1-20-11-6-4-10(5-7-11)9-12(15(18)19)16-14(17)13-3-2-8-21-13/h2-9H,1H3,(H,16,17)(H,18,19)/p-1/b12-9-. The molecule has 1 N–H and O–H groups in total. The Morgan fingerprint density at radius 1 is 1.24 bits per heavy atom. The van der Waals surface area contributed by atoms with Gasteiger partial charge in [0.2, 0.25) is 0 Å². The van der Waals surface area contributed by atoms with E-state index >= 15 is 0 Å². The number of benzene rings is 1. The van der Waals surface area contributed by atoms with Crippen molar-refractivity contribution in [3.8, 4) is 5.75 Å². The number of carbonyl (C=O) groups is 2. The Morgan fingerprint density at radius 3 is 2.48 bits per heavy atom. The molecule has 0 radical (unpaired) electrons. The Morgan fingerprint density at radius 2 is 1.95 bits per heavy atom. The van der Waals surface area contributed by atoms with E-state index in [0.717, 1.165) is 0 Å². The molecule has 108 valence electrons. The lowest BCUT2D eigenvalue weighted by molar-refractivity contribution is -0.299. The summed E-state index contributed by atoms with van der Waals surface area (Å²) >= 11 is 0. The van der Waals surface area contributed by atoms with E-state index in [-0.39, 0.29) is 11.5 Å². The minimum absolute atomic E-state index is 0.0110. The number of amides is 1. The Hall–Kier alpha value is -3.02. The maximum absolute atomic E-state index is 11.8. The highest BCUT2D eigenvalue weighted by molar-refractivity contribution is 6.00. The second kappa shape index (κ2) is 6.42. The number of ether oxygens (including phenoxy) is 1. The molecule has 0 unspecified atom stereocenters. The molecule has 1 amide bonds. The van der Waals surface area contributed by atoms with Crippen LogP contribution in [0.15, 0.2) is 52.8 Å². The number of methoxy groups -OCH3 is 1. The maximum atomic E-state index is 11.8. The van der Waals surface area contributed by atoms with Gasteiger partial charge < -0.3 is 24.4 Å². The van der Waals surface area contributed by atoms with Crippen molar-refractivity contribution in [1.29, 1.82) is 0 Å². The van der Waals surface area contributed by atoms with Gasteiger partial charge in [-0.1, -0.05) is 12.1 Å². The molecule has 21 heavy (non-hydrogen) atoms. The fourth-order valence-corrected chi connectivity index (χ4v) is 1.60. The molecule has 0 aliphatic rings. The third-order valence-corrected chi connectivity index (χ3v) is 2.64. The topological polar surface area (TPSA) is 91.6 Å². The van der Waals surface area contributed by atoms with Crippen LogP contribution in [-0.4, -0.2) is 19.0 Å². The smallest absolute Gasteiger partial charge is 0.291 e. The van der Waals surface area contributed by atoms with Crippen LogP contribution in [-0.2, 0) is 4.79 Å². The molecule has 0 aliphatic heterocycles. The summed E-state index contributed by atoms with van der Waals surface area (Å²) < 4.78 is 9.89. The predicted octanol–water partition coefficient (Wildman–Crippen LogP) is 0.809. The van der Waals surface area contributed by atoms with E-state index in [2.05, 4.69) is 5.32 Å². The Balaban J connectivity index is 2.19. The molecular formula is C15H12NO5-. The van der Waals surface area contributed by atoms with E-state index in [1.54, 1.807) is 24.3 Å². The fourth-order valence-electron chi connectivity index (χ4n) is 1.60. The summed E-state index contributed by atoms with van der Waals surface area (Å²) in [5.74, 6) is -1.51. The van der Waals surface area contributed by atoms with Crippen molar-refractivity contribution < 1.29 is 23.8 Å². The largest absolute Gasteiger partial charge is 0.543 e. The molecule has 2 rings (SSSR count). The van der Waals surface area contributed by atoms with Crippen molar-refractivity contribution in [1.82, 2.24) is 5.32 Å². The third-order valence-electron chi connectivity index (χ3n) is 2.64. The van der Waals surface area contributed by atoms with Gasteiger partial charge in [0.15, 0.2) is 5.76 Å². The number of aliphatic carboxylic acids is 1. The van der Waals surface area contributed by atoms with Crippen LogP contribution < -0.4 is 15.2 Å².